The fourth-order valence-corrected chi connectivity index (χ4v) is 4.91. The number of aryl methyl sites for hydroxylation is 1. The second-order valence-electron chi connectivity index (χ2n) is 6.41. The number of allylic oxidation sites excluding steroid dienone is 4. The molecule has 4 heterocycles. The van der Waals surface area contributed by atoms with Gasteiger partial charge in [-0.25, -0.2) is 0 Å². The summed E-state index contributed by atoms with van der Waals surface area (Å²) in [4.78, 5) is 2.58. The standard InChI is InChI=1S/C21H18N4S2/c1-2-6-16(5-1)17-15-24(23-22-17)11-12-25-18(20-7-3-13-26-20)9-10-19(25)21-8-4-14-27-21/h1-10,13-16H,11-12H2. The van der Waals surface area contributed by atoms with Gasteiger partial charge in [-0.2, -0.15) is 0 Å². The quantitative estimate of drug-likeness (QED) is 0.439. The van der Waals surface area contributed by atoms with Crippen molar-refractivity contribution in [2.24, 2.45) is 0 Å². The van der Waals surface area contributed by atoms with Crippen LogP contribution in [-0.4, -0.2) is 19.6 Å². The molecule has 0 amide bonds. The van der Waals surface area contributed by atoms with Crippen LogP contribution in [0.25, 0.3) is 21.1 Å². The van der Waals surface area contributed by atoms with Crippen molar-refractivity contribution in [2.75, 3.05) is 0 Å². The van der Waals surface area contributed by atoms with E-state index in [1.165, 1.54) is 21.1 Å². The first-order chi connectivity index (χ1) is 13.4. The van der Waals surface area contributed by atoms with Crippen molar-refractivity contribution in [3.05, 3.63) is 83.4 Å². The summed E-state index contributed by atoms with van der Waals surface area (Å²) in [5, 5.41) is 12.9. The van der Waals surface area contributed by atoms with E-state index in [4.69, 9.17) is 0 Å². The molecule has 0 fully saturated rings. The van der Waals surface area contributed by atoms with Gasteiger partial charge in [0.25, 0.3) is 0 Å². The Morgan fingerprint density at radius 3 is 2.11 bits per heavy atom. The Morgan fingerprint density at radius 2 is 1.52 bits per heavy atom. The third-order valence-electron chi connectivity index (χ3n) is 4.73. The van der Waals surface area contributed by atoms with E-state index in [9.17, 15) is 0 Å². The molecule has 0 aliphatic heterocycles. The Kier molecular flexibility index (Phi) is 4.35. The van der Waals surface area contributed by atoms with Crippen molar-refractivity contribution in [1.29, 1.82) is 0 Å². The lowest BCUT2D eigenvalue weighted by Crippen LogP contribution is -2.09. The minimum atomic E-state index is 0.258. The topological polar surface area (TPSA) is 35.6 Å². The van der Waals surface area contributed by atoms with Gasteiger partial charge in [-0.05, 0) is 35.0 Å². The zero-order valence-electron chi connectivity index (χ0n) is 14.6. The molecule has 0 saturated heterocycles. The van der Waals surface area contributed by atoms with E-state index in [-0.39, 0.29) is 5.92 Å². The molecule has 1 aliphatic rings. The second kappa shape index (κ2) is 7.13. The Labute approximate surface area is 165 Å². The Bertz CT molecular complexity index is 1020. The summed E-state index contributed by atoms with van der Waals surface area (Å²) < 4.78 is 4.35. The predicted molar refractivity (Wildman–Crippen MR) is 112 cm³/mol. The minimum Gasteiger partial charge on any atom is -0.337 e. The summed E-state index contributed by atoms with van der Waals surface area (Å²) in [7, 11) is 0. The molecule has 4 nitrogen and oxygen atoms in total. The number of thiophene rings is 2. The molecule has 0 atom stereocenters. The summed E-state index contributed by atoms with van der Waals surface area (Å²) in [5.41, 5.74) is 3.52. The van der Waals surface area contributed by atoms with E-state index < -0.39 is 0 Å². The number of hydrogen-bond acceptors (Lipinski definition) is 4. The fourth-order valence-electron chi connectivity index (χ4n) is 3.39. The first-order valence-corrected chi connectivity index (χ1v) is 10.7. The van der Waals surface area contributed by atoms with Crippen molar-refractivity contribution in [3.8, 4) is 21.1 Å². The maximum absolute atomic E-state index is 4.35. The number of rotatable bonds is 6. The van der Waals surface area contributed by atoms with Crippen LogP contribution < -0.4 is 0 Å². The molecule has 0 spiro atoms. The Hall–Kier alpha value is -2.70. The van der Waals surface area contributed by atoms with Gasteiger partial charge in [0, 0.05) is 18.7 Å². The van der Waals surface area contributed by atoms with E-state index in [0.717, 1.165) is 18.8 Å². The van der Waals surface area contributed by atoms with E-state index in [1.807, 2.05) is 4.68 Å². The summed E-state index contributed by atoms with van der Waals surface area (Å²) in [6, 6.07) is 13.0. The van der Waals surface area contributed by atoms with Gasteiger partial charge >= 0.3 is 0 Å². The Morgan fingerprint density at radius 1 is 0.852 bits per heavy atom. The molecule has 0 N–H and O–H groups in total. The molecule has 4 aromatic rings. The van der Waals surface area contributed by atoms with E-state index in [1.54, 1.807) is 22.7 Å². The van der Waals surface area contributed by atoms with E-state index in [2.05, 4.69) is 92.5 Å². The van der Waals surface area contributed by atoms with Gasteiger partial charge in [0.15, 0.2) is 0 Å². The van der Waals surface area contributed by atoms with Gasteiger partial charge in [-0.3, -0.25) is 4.68 Å². The van der Waals surface area contributed by atoms with Gasteiger partial charge in [0.1, 0.15) is 0 Å². The molecule has 4 aromatic heterocycles. The predicted octanol–water partition coefficient (Wildman–Crippen LogP) is 5.45. The largest absolute Gasteiger partial charge is 0.337 e. The van der Waals surface area contributed by atoms with Gasteiger partial charge in [-0.15, -0.1) is 27.8 Å². The lowest BCUT2D eigenvalue weighted by atomic mass is 10.1. The van der Waals surface area contributed by atoms with Crippen molar-refractivity contribution >= 4 is 22.7 Å². The van der Waals surface area contributed by atoms with Crippen LogP contribution in [0.3, 0.4) is 0 Å². The monoisotopic (exact) mass is 390 g/mol. The maximum atomic E-state index is 4.35. The minimum absolute atomic E-state index is 0.258. The van der Waals surface area contributed by atoms with Crippen molar-refractivity contribution in [1.82, 2.24) is 19.6 Å². The first kappa shape index (κ1) is 16.5. The average molecular weight is 391 g/mol. The number of aromatic nitrogens is 4. The molecule has 6 heteroatoms. The van der Waals surface area contributed by atoms with Crippen LogP contribution >= 0.6 is 22.7 Å². The maximum Gasteiger partial charge on any atom is 0.0933 e. The van der Waals surface area contributed by atoms with Crippen LogP contribution in [0, 0.1) is 0 Å². The first-order valence-electron chi connectivity index (χ1n) is 8.91. The summed E-state index contributed by atoms with van der Waals surface area (Å²) in [6.07, 6.45) is 10.5. The number of nitrogens with zero attached hydrogens (tertiary/aromatic N) is 4. The highest BCUT2D eigenvalue weighted by Gasteiger charge is 2.15. The Balaban J connectivity index is 1.43. The van der Waals surface area contributed by atoms with Gasteiger partial charge < -0.3 is 4.57 Å². The lowest BCUT2D eigenvalue weighted by molar-refractivity contribution is 0.525. The SMILES string of the molecule is C1=CC(c2cn(CCn3c(-c4cccs4)ccc3-c3cccs3)nn2)C=C1. The smallest absolute Gasteiger partial charge is 0.0933 e. The molecule has 27 heavy (non-hydrogen) atoms. The molecule has 0 saturated carbocycles. The highest BCUT2D eigenvalue weighted by atomic mass is 32.1. The third kappa shape index (κ3) is 3.22. The molecule has 0 unspecified atom stereocenters. The van der Waals surface area contributed by atoms with Crippen LogP contribution in [0.2, 0.25) is 0 Å². The molecule has 5 rings (SSSR count). The summed E-state index contributed by atoms with van der Waals surface area (Å²) in [6.45, 7) is 1.64. The van der Waals surface area contributed by atoms with Gasteiger partial charge in [0.2, 0.25) is 0 Å². The second-order valence-corrected chi connectivity index (χ2v) is 8.31. The van der Waals surface area contributed by atoms with Crippen LogP contribution in [0.15, 0.2) is 77.7 Å². The van der Waals surface area contributed by atoms with Crippen molar-refractivity contribution in [3.63, 3.8) is 0 Å². The highest BCUT2D eigenvalue weighted by molar-refractivity contribution is 7.14. The van der Waals surface area contributed by atoms with Crippen LogP contribution in [0.1, 0.15) is 11.6 Å². The van der Waals surface area contributed by atoms with Crippen LogP contribution in [-0.2, 0) is 13.1 Å². The van der Waals surface area contributed by atoms with E-state index in [0.29, 0.717) is 0 Å². The normalized spacial score (nSPS) is 13.8. The molecule has 134 valence electrons. The van der Waals surface area contributed by atoms with Crippen LogP contribution in [0.5, 0.6) is 0 Å². The molecular weight excluding hydrogens is 372 g/mol. The molecular formula is C21H18N4S2. The van der Waals surface area contributed by atoms with Crippen LogP contribution in [0.4, 0.5) is 0 Å². The number of hydrogen-bond donors (Lipinski definition) is 0. The lowest BCUT2D eigenvalue weighted by Gasteiger charge is -2.12. The fraction of sp³-hybridized carbons (Fsp3) is 0.143. The molecule has 0 aromatic carbocycles. The third-order valence-corrected chi connectivity index (χ3v) is 6.51. The summed E-state index contributed by atoms with van der Waals surface area (Å²) in [5.74, 6) is 0.258. The highest BCUT2D eigenvalue weighted by Crippen LogP contribution is 2.33. The van der Waals surface area contributed by atoms with Gasteiger partial charge in [0.05, 0.1) is 33.4 Å². The molecule has 1 aliphatic carbocycles. The van der Waals surface area contributed by atoms with Crippen molar-refractivity contribution in [2.45, 2.75) is 19.0 Å². The molecule has 0 bridgehead atoms. The average Bonchev–Trinajstić information content (AvgIpc) is 3.51. The summed E-state index contributed by atoms with van der Waals surface area (Å²) >= 11 is 3.55. The molecule has 0 radical (unpaired) electrons. The zero-order valence-corrected chi connectivity index (χ0v) is 16.2. The van der Waals surface area contributed by atoms with E-state index >= 15 is 0 Å². The zero-order chi connectivity index (χ0) is 18.1. The van der Waals surface area contributed by atoms with Gasteiger partial charge in [-0.1, -0.05) is 41.7 Å². The van der Waals surface area contributed by atoms with Crippen molar-refractivity contribution < 1.29 is 0 Å².